The zero-order chi connectivity index (χ0) is 8.43. The van der Waals surface area contributed by atoms with E-state index in [0.717, 1.165) is 4.47 Å². The first-order valence-electron chi connectivity index (χ1n) is 3.08. The summed E-state index contributed by atoms with van der Waals surface area (Å²) in [5.74, 6) is 4.75. The van der Waals surface area contributed by atoms with Gasteiger partial charge in [-0.3, -0.25) is 5.84 Å². The Hall–Kier alpha value is -0.320. The smallest absolute Gasteiger partial charge is 0.151 e. The van der Waals surface area contributed by atoms with Crippen molar-refractivity contribution in [2.75, 3.05) is 5.43 Å². The highest BCUT2D eigenvalue weighted by Crippen LogP contribution is 2.23. The second-order valence-corrected chi connectivity index (χ2v) is 3.03. The molecule has 1 aromatic rings. The SMILES string of the molecule is Cc1c(Br)ccc(NN)c1F.Cl. The molecule has 1 rings (SSSR count). The monoisotopic (exact) mass is 254 g/mol. The minimum absolute atomic E-state index is 0. The maximum Gasteiger partial charge on any atom is 0.151 e. The molecule has 1 aromatic carbocycles. The lowest BCUT2D eigenvalue weighted by Crippen LogP contribution is -2.09. The average molecular weight is 256 g/mol. The third kappa shape index (κ3) is 2.09. The van der Waals surface area contributed by atoms with Crippen molar-refractivity contribution in [3.8, 4) is 0 Å². The molecule has 0 amide bonds. The van der Waals surface area contributed by atoms with Crippen molar-refractivity contribution in [2.24, 2.45) is 5.84 Å². The molecule has 0 heterocycles. The lowest BCUT2D eigenvalue weighted by atomic mass is 10.2. The molecule has 0 fully saturated rings. The van der Waals surface area contributed by atoms with Crippen LogP contribution in [0.4, 0.5) is 10.1 Å². The molecule has 0 bridgehead atoms. The van der Waals surface area contributed by atoms with E-state index in [1.807, 2.05) is 0 Å². The molecular formula is C7H9BrClFN2. The van der Waals surface area contributed by atoms with Crippen LogP contribution in [0.3, 0.4) is 0 Å². The van der Waals surface area contributed by atoms with Gasteiger partial charge < -0.3 is 5.43 Å². The third-order valence-corrected chi connectivity index (χ3v) is 2.33. The quantitative estimate of drug-likeness (QED) is 0.598. The average Bonchev–Trinajstić information content (AvgIpc) is 2.01. The van der Waals surface area contributed by atoms with Gasteiger partial charge in [0.1, 0.15) is 0 Å². The number of nitrogen functional groups attached to an aromatic ring is 1. The van der Waals surface area contributed by atoms with Crippen LogP contribution >= 0.6 is 28.3 Å². The predicted molar refractivity (Wildman–Crippen MR) is 53.9 cm³/mol. The maximum absolute atomic E-state index is 13.1. The largest absolute Gasteiger partial charge is 0.321 e. The van der Waals surface area contributed by atoms with Crippen LogP contribution in [0.1, 0.15) is 5.56 Å². The zero-order valence-electron chi connectivity index (χ0n) is 6.40. The van der Waals surface area contributed by atoms with E-state index in [4.69, 9.17) is 5.84 Å². The Labute approximate surface area is 84.8 Å². The van der Waals surface area contributed by atoms with Gasteiger partial charge in [-0.2, -0.15) is 0 Å². The molecule has 0 spiro atoms. The number of nitrogens with one attached hydrogen (secondary N) is 1. The van der Waals surface area contributed by atoms with Gasteiger partial charge in [-0.25, -0.2) is 4.39 Å². The fourth-order valence-electron chi connectivity index (χ4n) is 0.773. The van der Waals surface area contributed by atoms with E-state index < -0.39 is 0 Å². The van der Waals surface area contributed by atoms with E-state index in [9.17, 15) is 4.39 Å². The summed E-state index contributed by atoms with van der Waals surface area (Å²) < 4.78 is 13.8. The van der Waals surface area contributed by atoms with Crippen LogP contribution in [0.2, 0.25) is 0 Å². The highest BCUT2D eigenvalue weighted by atomic mass is 79.9. The van der Waals surface area contributed by atoms with Gasteiger partial charge in [-0.15, -0.1) is 12.4 Å². The summed E-state index contributed by atoms with van der Waals surface area (Å²) in [5.41, 5.74) is 3.13. The van der Waals surface area contributed by atoms with E-state index in [0.29, 0.717) is 11.3 Å². The molecule has 3 N–H and O–H groups in total. The molecule has 0 atom stereocenters. The van der Waals surface area contributed by atoms with E-state index in [1.165, 1.54) is 0 Å². The molecule has 0 radical (unpaired) electrons. The Bertz CT molecular complexity index is 280. The maximum atomic E-state index is 13.1. The van der Waals surface area contributed by atoms with Gasteiger partial charge in [0.2, 0.25) is 0 Å². The Morgan fingerprint density at radius 1 is 1.50 bits per heavy atom. The van der Waals surface area contributed by atoms with Crippen LogP contribution in [0.15, 0.2) is 16.6 Å². The summed E-state index contributed by atoms with van der Waals surface area (Å²) in [6.45, 7) is 1.68. The van der Waals surface area contributed by atoms with Crippen molar-refractivity contribution in [2.45, 2.75) is 6.92 Å². The third-order valence-electron chi connectivity index (χ3n) is 1.48. The number of nitrogens with two attached hydrogens (primary N) is 1. The summed E-state index contributed by atoms with van der Waals surface area (Å²) in [6, 6.07) is 3.32. The lowest BCUT2D eigenvalue weighted by molar-refractivity contribution is 0.620. The van der Waals surface area contributed by atoms with E-state index in [-0.39, 0.29) is 18.2 Å². The minimum atomic E-state index is -0.318. The highest BCUT2D eigenvalue weighted by molar-refractivity contribution is 9.10. The Morgan fingerprint density at radius 2 is 2.08 bits per heavy atom. The first kappa shape index (κ1) is 11.7. The molecule has 12 heavy (non-hydrogen) atoms. The van der Waals surface area contributed by atoms with Gasteiger partial charge >= 0.3 is 0 Å². The van der Waals surface area contributed by atoms with Gasteiger partial charge in [0.15, 0.2) is 5.82 Å². The van der Waals surface area contributed by atoms with E-state index >= 15 is 0 Å². The van der Waals surface area contributed by atoms with Crippen LogP contribution in [-0.2, 0) is 0 Å². The molecule has 2 nitrogen and oxygen atoms in total. The van der Waals surface area contributed by atoms with Gasteiger partial charge in [0, 0.05) is 10.0 Å². The zero-order valence-corrected chi connectivity index (χ0v) is 8.80. The number of hydrogen-bond acceptors (Lipinski definition) is 2. The number of halogens is 3. The Morgan fingerprint density at radius 3 is 2.58 bits per heavy atom. The molecule has 0 saturated heterocycles. The predicted octanol–water partition coefficient (Wildman–Crippen LogP) is 2.60. The molecule has 5 heteroatoms. The van der Waals surface area contributed by atoms with Crippen molar-refractivity contribution in [3.63, 3.8) is 0 Å². The molecular weight excluding hydrogens is 246 g/mol. The van der Waals surface area contributed by atoms with Gasteiger partial charge in [-0.05, 0) is 19.1 Å². The second-order valence-electron chi connectivity index (χ2n) is 2.18. The molecule has 0 aromatic heterocycles. The van der Waals surface area contributed by atoms with Crippen molar-refractivity contribution >= 4 is 34.0 Å². The van der Waals surface area contributed by atoms with Crippen molar-refractivity contribution in [1.82, 2.24) is 0 Å². The van der Waals surface area contributed by atoms with Gasteiger partial charge in [-0.1, -0.05) is 15.9 Å². The first-order chi connectivity index (χ1) is 5.16. The van der Waals surface area contributed by atoms with Crippen molar-refractivity contribution in [1.29, 1.82) is 0 Å². The van der Waals surface area contributed by atoms with Crippen LogP contribution in [-0.4, -0.2) is 0 Å². The number of rotatable bonds is 1. The number of hydrogen-bond donors (Lipinski definition) is 2. The van der Waals surface area contributed by atoms with E-state index in [2.05, 4.69) is 21.4 Å². The summed E-state index contributed by atoms with van der Waals surface area (Å²) in [5, 5.41) is 0. The first-order valence-corrected chi connectivity index (χ1v) is 3.87. The topological polar surface area (TPSA) is 38.0 Å². The molecule has 68 valence electrons. The van der Waals surface area contributed by atoms with E-state index in [1.54, 1.807) is 19.1 Å². The number of hydrazine groups is 1. The van der Waals surface area contributed by atoms with Crippen LogP contribution in [0.5, 0.6) is 0 Å². The summed E-state index contributed by atoms with van der Waals surface area (Å²) in [6.07, 6.45) is 0. The summed E-state index contributed by atoms with van der Waals surface area (Å²) in [7, 11) is 0. The Balaban J connectivity index is 0.00000121. The van der Waals surface area contributed by atoms with Gasteiger partial charge in [0.05, 0.1) is 5.69 Å². The molecule has 0 aliphatic rings. The fraction of sp³-hybridized carbons (Fsp3) is 0.143. The summed E-state index contributed by atoms with van der Waals surface area (Å²) >= 11 is 3.20. The highest BCUT2D eigenvalue weighted by Gasteiger charge is 2.05. The van der Waals surface area contributed by atoms with Crippen LogP contribution in [0, 0.1) is 12.7 Å². The molecule has 0 saturated carbocycles. The summed E-state index contributed by atoms with van der Waals surface area (Å²) in [4.78, 5) is 0. The van der Waals surface area contributed by atoms with Crippen LogP contribution < -0.4 is 11.3 Å². The van der Waals surface area contributed by atoms with Crippen molar-refractivity contribution < 1.29 is 4.39 Å². The van der Waals surface area contributed by atoms with Crippen LogP contribution in [0.25, 0.3) is 0 Å². The lowest BCUT2D eigenvalue weighted by Gasteiger charge is -2.05. The molecule has 0 aliphatic heterocycles. The normalized spacial score (nSPS) is 9.00. The minimum Gasteiger partial charge on any atom is -0.321 e. The second kappa shape index (κ2) is 4.64. The fourth-order valence-corrected chi connectivity index (χ4v) is 1.08. The standard InChI is InChI=1S/C7H8BrFN2.ClH/c1-4-5(8)2-3-6(11-10)7(4)9;/h2-3,11H,10H2,1H3;1H. The van der Waals surface area contributed by atoms with Gasteiger partial charge in [0.25, 0.3) is 0 Å². The Kier molecular flexibility index (Phi) is 4.52. The number of benzene rings is 1. The molecule has 0 aliphatic carbocycles. The van der Waals surface area contributed by atoms with Crippen molar-refractivity contribution in [3.05, 3.63) is 28.0 Å². The number of anilines is 1. The molecule has 0 unspecified atom stereocenters.